The molecule has 2 heteroatoms. The van der Waals surface area contributed by atoms with E-state index in [1.54, 1.807) is 0 Å². The highest BCUT2D eigenvalue weighted by Gasteiger charge is 2.19. The summed E-state index contributed by atoms with van der Waals surface area (Å²) in [6.07, 6.45) is 8.72. The Hall–Kier alpha value is -0.520. The lowest BCUT2D eigenvalue weighted by Gasteiger charge is -2.27. The van der Waals surface area contributed by atoms with Gasteiger partial charge in [-0.3, -0.25) is 0 Å². The molecule has 1 aliphatic rings. The molecule has 1 unspecified atom stereocenters. The molecule has 74 valence electrons. The Labute approximate surface area is 80.6 Å². The number of terminal acetylenes is 1. The average Bonchev–Trinajstić information content (AvgIpc) is 2.18. The molecule has 3 atom stereocenters. The maximum atomic E-state index is 5.68. The lowest BCUT2D eigenvalue weighted by molar-refractivity contribution is -0.189. The fraction of sp³-hybridized carbons (Fsp3) is 0.818. The van der Waals surface area contributed by atoms with Gasteiger partial charge in [0.25, 0.3) is 0 Å². The highest BCUT2D eigenvalue weighted by atomic mass is 16.7. The minimum atomic E-state index is -0.0282. The van der Waals surface area contributed by atoms with Gasteiger partial charge in [-0.1, -0.05) is 0 Å². The molecule has 0 saturated carbocycles. The quantitative estimate of drug-likeness (QED) is 0.623. The molecule has 0 bridgehead atoms. The number of rotatable bonds is 3. The molecule has 1 fully saturated rings. The predicted molar refractivity (Wildman–Crippen MR) is 52.1 cm³/mol. The van der Waals surface area contributed by atoms with Crippen molar-refractivity contribution in [1.82, 2.24) is 0 Å². The molecule has 0 spiro atoms. The zero-order valence-corrected chi connectivity index (χ0v) is 8.45. The van der Waals surface area contributed by atoms with Crippen molar-refractivity contribution >= 4 is 0 Å². The standard InChI is InChI=1S/C11H18O2/c1-4-9(2)10(3)13-11-7-5-6-8-12-11/h1,9-11H,5-8H2,2-3H3/t9-,10+,11?/m1/s1. The van der Waals surface area contributed by atoms with Gasteiger partial charge < -0.3 is 9.47 Å². The molecular weight excluding hydrogens is 164 g/mol. The van der Waals surface area contributed by atoms with Gasteiger partial charge in [-0.25, -0.2) is 0 Å². The Kier molecular flexibility index (Phi) is 4.27. The van der Waals surface area contributed by atoms with Gasteiger partial charge in [0.05, 0.1) is 6.10 Å². The molecule has 0 aromatic heterocycles. The zero-order chi connectivity index (χ0) is 9.68. The van der Waals surface area contributed by atoms with Crippen LogP contribution in [0.2, 0.25) is 0 Å². The van der Waals surface area contributed by atoms with Crippen molar-refractivity contribution in [3.8, 4) is 12.3 Å². The Morgan fingerprint density at radius 2 is 2.23 bits per heavy atom. The molecule has 0 aliphatic carbocycles. The molecule has 0 aromatic carbocycles. The van der Waals surface area contributed by atoms with Crippen LogP contribution < -0.4 is 0 Å². The summed E-state index contributed by atoms with van der Waals surface area (Å²) >= 11 is 0. The van der Waals surface area contributed by atoms with E-state index >= 15 is 0 Å². The summed E-state index contributed by atoms with van der Waals surface area (Å²) in [4.78, 5) is 0. The van der Waals surface area contributed by atoms with E-state index in [1.807, 2.05) is 13.8 Å². The van der Waals surface area contributed by atoms with Gasteiger partial charge >= 0.3 is 0 Å². The average molecular weight is 182 g/mol. The third-order valence-corrected chi connectivity index (χ3v) is 2.47. The van der Waals surface area contributed by atoms with Crippen molar-refractivity contribution in [2.45, 2.75) is 45.5 Å². The van der Waals surface area contributed by atoms with Crippen molar-refractivity contribution < 1.29 is 9.47 Å². The van der Waals surface area contributed by atoms with Crippen LogP contribution in [-0.2, 0) is 9.47 Å². The zero-order valence-electron chi connectivity index (χ0n) is 8.45. The molecule has 1 heterocycles. The van der Waals surface area contributed by atoms with Crippen LogP contribution in [0.15, 0.2) is 0 Å². The van der Waals surface area contributed by atoms with Crippen LogP contribution >= 0.6 is 0 Å². The Morgan fingerprint density at radius 3 is 2.77 bits per heavy atom. The first kappa shape index (κ1) is 10.6. The monoisotopic (exact) mass is 182 g/mol. The molecule has 0 amide bonds. The molecule has 0 aromatic rings. The molecule has 1 aliphatic heterocycles. The van der Waals surface area contributed by atoms with Gasteiger partial charge in [-0.05, 0) is 33.1 Å². The molecule has 1 rings (SSSR count). The topological polar surface area (TPSA) is 18.5 Å². The summed E-state index contributed by atoms with van der Waals surface area (Å²) in [7, 11) is 0. The summed E-state index contributed by atoms with van der Waals surface area (Å²) in [5.41, 5.74) is 0. The van der Waals surface area contributed by atoms with E-state index in [4.69, 9.17) is 15.9 Å². The normalized spacial score (nSPS) is 27.6. The third-order valence-electron chi connectivity index (χ3n) is 2.47. The molecular formula is C11H18O2. The number of hydrogen-bond donors (Lipinski definition) is 0. The lowest BCUT2D eigenvalue weighted by Crippen LogP contribution is -2.29. The minimum Gasteiger partial charge on any atom is -0.353 e. The smallest absolute Gasteiger partial charge is 0.157 e. The summed E-state index contributed by atoms with van der Waals surface area (Å²) in [5.74, 6) is 2.83. The van der Waals surface area contributed by atoms with E-state index in [0.717, 1.165) is 19.4 Å². The Bertz CT molecular complexity index is 177. The minimum absolute atomic E-state index is 0.0282. The largest absolute Gasteiger partial charge is 0.353 e. The van der Waals surface area contributed by atoms with E-state index < -0.39 is 0 Å². The lowest BCUT2D eigenvalue weighted by atomic mass is 10.1. The maximum absolute atomic E-state index is 5.68. The van der Waals surface area contributed by atoms with Crippen LogP contribution in [0.3, 0.4) is 0 Å². The van der Waals surface area contributed by atoms with Gasteiger partial charge in [0, 0.05) is 12.5 Å². The van der Waals surface area contributed by atoms with Gasteiger partial charge in [-0.15, -0.1) is 12.3 Å². The number of hydrogen-bond acceptors (Lipinski definition) is 2. The van der Waals surface area contributed by atoms with Crippen LogP contribution in [-0.4, -0.2) is 19.0 Å². The fourth-order valence-electron chi connectivity index (χ4n) is 1.31. The van der Waals surface area contributed by atoms with Crippen LogP contribution in [0, 0.1) is 18.3 Å². The summed E-state index contributed by atoms with van der Waals surface area (Å²) in [5, 5.41) is 0. The van der Waals surface area contributed by atoms with Crippen molar-refractivity contribution in [3.05, 3.63) is 0 Å². The fourth-order valence-corrected chi connectivity index (χ4v) is 1.31. The first-order chi connectivity index (χ1) is 6.24. The van der Waals surface area contributed by atoms with Gasteiger partial charge in [0.2, 0.25) is 0 Å². The summed E-state index contributed by atoms with van der Waals surface area (Å²) in [6, 6.07) is 0. The Balaban J connectivity index is 2.26. The van der Waals surface area contributed by atoms with Crippen molar-refractivity contribution in [1.29, 1.82) is 0 Å². The van der Waals surface area contributed by atoms with Gasteiger partial charge in [-0.2, -0.15) is 0 Å². The van der Waals surface area contributed by atoms with E-state index in [9.17, 15) is 0 Å². The summed E-state index contributed by atoms with van der Waals surface area (Å²) in [6.45, 7) is 4.82. The van der Waals surface area contributed by atoms with E-state index in [-0.39, 0.29) is 18.3 Å². The highest BCUT2D eigenvalue weighted by Crippen LogP contribution is 2.17. The molecule has 2 nitrogen and oxygen atoms in total. The van der Waals surface area contributed by atoms with Crippen LogP contribution in [0.25, 0.3) is 0 Å². The van der Waals surface area contributed by atoms with Crippen molar-refractivity contribution in [3.63, 3.8) is 0 Å². The van der Waals surface area contributed by atoms with Crippen LogP contribution in [0.1, 0.15) is 33.1 Å². The first-order valence-corrected chi connectivity index (χ1v) is 4.97. The van der Waals surface area contributed by atoms with E-state index in [0.29, 0.717) is 0 Å². The van der Waals surface area contributed by atoms with Crippen LogP contribution in [0.5, 0.6) is 0 Å². The van der Waals surface area contributed by atoms with E-state index in [2.05, 4.69) is 5.92 Å². The second-order valence-electron chi connectivity index (χ2n) is 3.59. The summed E-state index contributed by atoms with van der Waals surface area (Å²) < 4.78 is 11.1. The predicted octanol–water partition coefficient (Wildman–Crippen LogP) is 2.19. The van der Waals surface area contributed by atoms with Crippen molar-refractivity contribution in [2.75, 3.05) is 6.61 Å². The maximum Gasteiger partial charge on any atom is 0.157 e. The first-order valence-electron chi connectivity index (χ1n) is 4.97. The third kappa shape index (κ3) is 3.38. The van der Waals surface area contributed by atoms with Gasteiger partial charge in [0.1, 0.15) is 0 Å². The van der Waals surface area contributed by atoms with Crippen LogP contribution in [0.4, 0.5) is 0 Å². The SMILES string of the molecule is C#C[C@@H](C)[C@H](C)OC1CCCCO1. The highest BCUT2D eigenvalue weighted by molar-refractivity contribution is 4.93. The second kappa shape index (κ2) is 5.26. The second-order valence-corrected chi connectivity index (χ2v) is 3.59. The molecule has 0 radical (unpaired) electrons. The number of ether oxygens (including phenoxy) is 2. The van der Waals surface area contributed by atoms with Crippen molar-refractivity contribution in [2.24, 2.45) is 5.92 Å². The molecule has 0 N–H and O–H groups in total. The molecule has 1 saturated heterocycles. The van der Waals surface area contributed by atoms with Gasteiger partial charge in [0.15, 0.2) is 6.29 Å². The Morgan fingerprint density at radius 1 is 1.46 bits per heavy atom. The molecule has 13 heavy (non-hydrogen) atoms. The van der Waals surface area contributed by atoms with E-state index in [1.165, 1.54) is 6.42 Å².